The van der Waals surface area contributed by atoms with Crippen LogP contribution in [0.4, 0.5) is 0 Å². The Balaban J connectivity index is 1.34. The summed E-state index contributed by atoms with van der Waals surface area (Å²) in [5.41, 5.74) is 5.11. The molecule has 8 heteroatoms. The SMILES string of the molecule is CC(C)Cc1ccc(OP2OCC3(CO2)COP(Oc2ccc(C(C)(C)C)cc2CC(C)C)PC3)c(C(C)(C)C)c1. The van der Waals surface area contributed by atoms with Gasteiger partial charge in [-0.15, -0.1) is 0 Å². The Hall–Kier alpha value is -0.790. The zero-order chi connectivity index (χ0) is 30.0. The van der Waals surface area contributed by atoms with Crippen molar-refractivity contribution in [1.29, 1.82) is 0 Å². The maximum Gasteiger partial charge on any atom is 0.397 e. The molecule has 2 atom stereocenters. The predicted octanol–water partition coefficient (Wildman–Crippen LogP) is 10.3. The van der Waals surface area contributed by atoms with E-state index in [0.29, 0.717) is 39.9 Å². The fourth-order valence-corrected chi connectivity index (χ4v) is 10.4. The van der Waals surface area contributed by atoms with Crippen LogP contribution in [0.5, 0.6) is 11.5 Å². The minimum Gasteiger partial charge on any atom is -0.444 e. The van der Waals surface area contributed by atoms with E-state index in [4.69, 9.17) is 22.6 Å². The number of rotatable bonds is 8. The van der Waals surface area contributed by atoms with Gasteiger partial charge in [-0.05, 0) is 78.8 Å². The van der Waals surface area contributed by atoms with E-state index in [1.165, 1.54) is 22.3 Å². The van der Waals surface area contributed by atoms with Crippen molar-refractivity contribution in [2.75, 3.05) is 26.0 Å². The molecular weight excluding hydrogens is 569 g/mol. The molecule has 0 aliphatic carbocycles. The molecule has 4 rings (SSSR count). The van der Waals surface area contributed by atoms with Crippen molar-refractivity contribution >= 4 is 24.9 Å². The molecule has 2 aliphatic rings. The van der Waals surface area contributed by atoms with E-state index in [-0.39, 0.29) is 16.2 Å². The zero-order valence-corrected chi connectivity index (χ0v) is 29.6. The van der Waals surface area contributed by atoms with Gasteiger partial charge in [0.15, 0.2) is 0 Å². The molecule has 1 spiro atoms. The molecule has 5 nitrogen and oxygen atoms in total. The van der Waals surface area contributed by atoms with Crippen molar-refractivity contribution in [2.45, 2.75) is 92.9 Å². The molecule has 2 aliphatic heterocycles. The topological polar surface area (TPSA) is 46.2 Å². The molecule has 2 heterocycles. The van der Waals surface area contributed by atoms with Crippen molar-refractivity contribution in [3.63, 3.8) is 0 Å². The van der Waals surface area contributed by atoms with E-state index in [9.17, 15) is 0 Å². The van der Waals surface area contributed by atoms with Gasteiger partial charge in [-0.25, -0.2) is 0 Å². The average Bonchev–Trinajstić information content (AvgIpc) is 2.87. The summed E-state index contributed by atoms with van der Waals surface area (Å²) < 4.78 is 31.6. The molecule has 2 saturated heterocycles. The minimum absolute atomic E-state index is 0.0354. The maximum atomic E-state index is 6.52. The van der Waals surface area contributed by atoms with E-state index >= 15 is 0 Å². The lowest BCUT2D eigenvalue weighted by atomic mass is 9.84. The highest BCUT2D eigenvalue weighted by atomic mass is 32.1. The first kappa shape index (κ1) is 33.1. The van der Waals surface area contributed by atoms with Gasteiger partial charge in [0, 0.05) is 11.0 Å². The van der Waals surface area contributed by atoms with Gasteiger partial charge < -0.3 is 22.6 Å². The summed E-state index contributed by atoms with van der Waals surface area (Å²) in [6.07, 6.45) is 3.04. The smallest absolute Gasteiger partial charge is 0.397 e. The second kappa shape index (κ2) is 13.5. The standard InChI is InChI=1S/C33H51O5P3/c1-23(2)15-25-11-13-30(28(17-25)32(8,9)10)37-40-34-19-33(20-35-40)21-36-41(39-22-33)38-29-14-12-27(31(5,6)7)18-26(29)16-24(3)4/h11-14,17-18,23-24,39H,15-16,19-22H2,1-10H3. The van der Waals surface area contributed by atoms with Crippen molar-refractivity contribution in [2.24, 2.45) is 17.3 Å². The van der Waals surface area contributed by atoms with Gasteiger partial charge in [0.25, 0.3) is 8.06 Å². The van der Waals surface area contributed by atoms with Crippen LogP contribution < -0.4 is 9.05 Å². The summed E-state index contributed by atoms with van der Waals surface area (Å²) in [6.45, 7) is 24.2. The van der Waals surface area contributed by atoms with Crippen LogP contribution in [0.3, 0.4) is 0 Å². The molecule has 0 radical (unpaired) electrons. The lowest BCUT2D eigenvalue weighted by Crippen LogP contribution is -2.42. The Morgan fingerprint density at radius 2 is 1.41 bits per heavy atom. The van der Waals surface area contributed by atoms with E-state index in [0.717, 1.165) is 30.5 Å². The third kappa shape index (κ3) is 9.11. The zero-order valence-electron chi connectivity index (χ0n) is 26.8. The van der Waals surface area contributed by atoms with Gasteiger partial charge in [-0.1, -0.05) is 93.5 Å². The third-order valence-electron chi connectivity index (χ3n) is 7.43. The molecule has 2 aromatic carbocycles. The van der Waals surface area contributed by atoms with Gasteiger partial charge in [-0.2, -0.15) is 0 Å². The van der Waals surface area contributed by atoms with Gasteiger partial charge in [-0.3, -0.25) is 0 Å². The van der Waals surface area contributed by atoms with Gasteiger partial charge >= 0.3 is 8.60 Å². The molecule has 2 unspecified atom stereocenters. The normalized spacial score (nSPS) is 24.4. The fraction of sp³-hybridized carbons (Fsp3) is 0.636. The largest absolute Gasteiger partial charge is 0.444 e. The van der Waals surface area contributed by atoms with Gasteiger partial charge in [0.2, 0.25) is 0 Å². The van der Waals surface area contributed by atoms with E-state index in [1.807, 2.05) is 0 Å². The highest BCUT2D eigenvalue weighted by Crippen LogP contribution is 2.64. The summed E-state index contributed by atoms with van der Waals surface area (Å²) >= 11 is 0. The van der Waals surface area contributed by atoms with Crippen LogP contribution in [-0.2, 0) is 37.2 Å². The summed E-state index contributed by atoms with van der Waals surface area (Å²) in [5.74, 6) is 3.01. The van der Waals surface area contributed by atoms with E-state index in [1.54, 1.807) is 0 Å². The van der Waals surface area contributed by atoms with Gasteiger partial charge in [0.1, 0.15) is 11.5 Å². The van der Waals surface area contributed by atoms with Crippen LogP contribution in [0.1, 0.15) is 91.5 Å². The second-order valence-electron chi connectivity index (χ2n) is 14.7. The molecule has 0 amide bonds. The Labute approximate surface area is 253 Å². The third-order valence-corrected chi connectivity index (χ3v) is 12.3. The van der Waals surface area contributed by atoms with Crippen LogP contribution in [0.25, 0.3) is 0 Å². The molecule has 2 fully saturated rings. The molecular formula is C33H51O5P3. The molecule has 0 aromatic heterocycles. The highest BCUT2D eigenvalue weighted by Gasteiger charge is 2.44. The lowest BCUT2D eigenvalue weighted by Gasteiger charge is -2.42. The van der Waals surface area contributed by atoms with E-state index in [2.05, 4.69) is 106 Å². The average molecular weight is 621 g/mol. The molecule has 0 bridgehead atoms. The Bertz CT molecular complexity index is 1150. The van der Waals surface area contributed by atoms with Crippen molar-refractivity contribution in [3.05, 3.63) is 58.7 Å². The van der Waals surface area contributed by atoms with Crippen LogP contribution in [0.2, 0.25) is 0 Å². The summed E-state index contributed by atoms with van der Waals surface area (Å²) in [7, 11) is -1.83. The molecule has 228 valence electrons. The quantitative estimate of drug-likeness (QED) is 0.275. The number of benzene rings is 2. The number of hydrogen-bond donors (Lipinski definition) is 0. The molecule has 2 aromatic rings. The fourth-order valence-electron chi connectivity index (χ4n) is 5.02. The predicted molar refractivity (Wildman–Crippen MR) is 176 cm³/mol. The minimum atomic E-state index is -1.44. The van der Waals surface area contributed by atoms with Crippen LogP contribution in [0, 0.1) is 17.3 Å². The monoisotopic (exact) mass is 620 g/mol. The maximum absolute atomic E-state index is 6.52. The Morgan fingerprint density at radius 3 is 1.98 bits per heavy atom. The second-order valence-corrected chi connectivity index (χ2v) is 19.5. The molecule has 41 heavy (non-hydrogen) atoms. The van der Waals surface area contributed by atoms with E-state index < -0.39 is 16.7 Å². The molecule has 0 N–H and O–H groups in total. The van der Waals surface area contributed by atoms with Crippen LogP contribution in [0.15, 0.2) is 36.4 Å². The first-order valence-electron chi connectivity index (χ1n) is 15.0. The highest BCUT2D eigenvalue weighted by molar-refractivity contribution is 8.17. The van der Waals surface area contributed by atoms with Gasteiger partial charge in [0.05, 0.1) is 19.8 Å². The lowest BCUT2D eigenvalue weighted by molar-refractivity contribution is 0.00182. The van der Waals surface area contributed by atoms with Crippen LogP contribution in [-0.4, -0.2) is 26.0 Å². The summed E-state index contributed by atoms with van der Waals surface area (Å²) in [5, 5.41) is 0. The first-order valence-corrected chi connectivity index (χ1v) is 19.3. The first-order chi connectivity index (χ1) is 19.1. The van der Waals surface area contributed by atoms with Crippen molar-refractivity contribution in [1.82, 2.24) is 0 Å². The van der Waals surface area contributed by atoms with Crippen LogP contribution >= 0.6 is 24.9 Å². The summed E-state index contributed by atoms with van der Waals surface area (Å²) in [6, 6.07) is 13.2. The van der Waals surface area contributed by atoms with Crippen molar-refractivity contribution < 1.29 is 22.6 Å². The number of hydrogen-bond acceptors (Lipinski definition) is 5. The Morgan fingerprint density at radius 1 is 0.780 bits per heavy atom. The summed E-state index contributed by atoms with van der Waals surface area (Å²) in [4.78, 5) is 0. The molecule has 0 saturated carbocycles. The van der Waals surface area contributed by atoms with Crippen molar-refractivity contribution in [3.8, 4) is 11.5 Å². The Kier molecular flexibility index (Phi) is 10.9.